The van der Waals surface area contributed by atoms with Crippen molar-refractivity contribution in [3.05, 3.63) is 84.4 Å². The first-order valence-corrected chi connectivity index (χ1v) is 8.75. The summed E-state index contributed by atoms with van der Waals surface area (Å²) in [6.45, 7) is 0.425. The maximum absolute atomic E-state index is 13.1. The smallest absolute Gasteiger partial charge is 0.163 e. The number of anilines is 2. The van der Waals surface area contributed by atoms with Gasteiger partial charge in [0.25, 0.3) is 0 Å². The van der Waals surface area contributed by atoms with Crippen molar-refractivity contribution in [3.8, 4) is 11.5 Å². The molecule has 1 heterocycles. The van der Waals surface area contributed by atoms with E-state index < -0.39 is 0 Å². The molecule has 0 aliphatic rings. The Morgan fingerprint density at radius 1 is 0.929 bits per heavy atom. The number of methoxy groups -OCH3 is 1. The van der Waals surface area contributed by atoms with E-state index in [1.54, 1.807) is 19.2 Å². The first-order chi connectivity index (χ1) is 13.7. The van der Waals surface area contributed by atoms with Gasteiger partial charge in [0.2, 0.25) is 0 Å². The lowest BCUT2D eigenvalue weighted by molar-refractivity contribution is 0.285. The summed E-state index contributed by atoms with van der Waals surface area (Å²) in [5.41, 5.74) is 2.50. The average Bonchev–Trinajstić information content (AvgIpc) is 2.74. The topological polar surface area (TPSA) is 56.3 Å². The highest BCUT2D eigenvalue weighted by Crippen LogP contribution is 2.35. The first kappa shape index (κ1) is 17.7. The maximum atomic E-state index is 13.1. The summed E-state index contributed by atoms with van der Waals surface area (Å²) in [6.07, 6.45) is 1.47. The number of fused-ring (bicyclic) bond motifs is 1. The minimum atomic E-state index is -0.292. The summed E-state index contributed by atoms with van der Waals surface area (Å²) in [5.74, 6) is 1.50. The van der Waals surface area contributed by atoms with Crippen molar-refractivity contribution in [1.82, 2.24) is 9.97 Å². The van der Waals surface area contributed by atoms with Crippen LogP contribution in [0.25, 0.3) is 10.9 Å². The molecule has 0 saturated heterocycles. The van der Waals surface area contributed by atoms with Gasteiger partial charge in [0.05, 0.1) is 12.6 Å². The second-order valence-corrected chi connectivity index (χ2v) is 6.15. The minimum Gasteiger partial charge on any atom is -0.493 e. The third kappa shape index (κ3) is 3.86. The SMILES string of the molecule is COc1cc2c(Nc3ccc(F)cc3)ncnc2cc1OCc1ccccc1. The Balaban J connectivity index is 1.65. The van der Waals surface area contributed by atoms with Crippen LogP contribution in [0.2, 0.25) is 0 Å². The van der Waals surface area contributed by atoms with Gasteiger partial charge < -0.3 is 14.8 Å². The lowest BCUT2D eigenvalue weighted by atomic mass is 10.2. The van der Waals surface area contributed by atoms with Gasteiger partial charge in [0.15, 0.2) is 11.5 Å². The molecule has 0 unspecified atom stereocenters. The molecule has 0 fully saturated rings. The van der Waals surface area contributed by atoms with E-state index in [2.05, 4.69) is 15.3 Å². The molecule has 0 amide bonds. The molecule has 0 aliphatic heterocycles. The van der Waals surface area contributed by atoms with E-state index in [0.29, 0.717) is 29.4 Å². The molecular formula is C22H18FN3O2. The molecule has 0 spiro atoms. The second kappa shape index (κ2) is 7.92. The van der Waals surface area contributed by atoms with Gasteiger partial charge in [-0.05, 0) is 35.9 Å². The van der Waals surface area contributed by atoms with Crippen molar-refractivity contribution in [1.29, 1.82) is 0 Å². The van der Waals surface area contributed by atoms with E-state index in [-0.39, 0.29) is 5.82 Å². The quantitative estimate of drug-likeness (QED) is 0.508. The van der Waals surface area contributed by atoms with Crippen molar-refractivity contribution in [2.24, 2.45) is 0 Å². The summed E-state index contributed by atoms with van der Waals surface area (Å²) in [5, 5.41) is 3.96. The largest absolute Gasteiger partial charge is 0.493 e. The standard InChI is InChI=1S/C22H18FN3O2/c1-27-20-11-18-19(12-21(20)28-13-15-5-3-2-4-6-15)24-14-25-22(18)26-17-9-7-16(23)8-10-17/h2-12,14H,13H2,1H3,(H,24,25,26). The van der Waals surface area contributed by atoms with Gasteiger partial charge in [0.1, 0.15) is 24.6 Å². The Kier molecular flexibility index (Phi) is 5.01. The van der Waals surface area contributed by atoms with Crippen LogP contribution in [-0.4, -0.2) is 17.1 Å². The number of rotatable bonds is 6. The fourth-order valence-electron chi connectivity index (χ4n) is 2.84. The summed E-state index contributed by atoms with van der Waals surface area (Å²) >= 11 is 0. The van der Waals surface area contributed by atoms with Crippen LogP contribution < -0.4 is 14.8 Å². The molecule has 5 nitrogen and oxygen atoms in total. The fourth-order valence-corrected chi connectivity index (χ4v) is 2.84. The van der Waals surface area contributed by atoms with Gasteiger partial charge >= 0.3 is 0 Å². The number of ether oxygens (including phenoxy) is 2. The monoisotopic (exact) mass is 375 g/mol. The van der Waals surface area contributed by atoms with Crippen LogP contribution in [-0.2, 0) is 6.61 Å². The Morgan fingerprint density at radius 3 is 2.46 bits per heavy atom. The molecule has 0 saturated carbocycles. The van der Waals surface area contributed by atoms with Crippen LogP contribution >= 0.6 is 0 Å². The Bertz CT molecular complexity index is 1090. The summed E-state index contributed by atoms with van der Waals surface area (Å²) < 4.78 is 24.6. The van der Waals surface area contributed by atoms with Crippen molar-refractivity contribution in [2.45, 2.75) is 6.61 Å². The van der Waals surface area contributed by atoms with E-state index in [1.807, 2.05) is 42.5 Å². The number of aromatic nitrogens is 2. The minimum absolute atomic E-state index is 0.292. The van der Waals surface area contributed by atoms with Crippen molar-refractivity contribution >= 4 is 22.4 Å². The molecule has 4 aromatic rings. The molecule has 6 heteroatoms. The Hall–Kier alpha value is -3.67. The zero-order valence-corrected chi connectivity index (χ0v) is 15.2. The third-order valence-corrected chi connectivity index (χ3v) is 4.26. The van der Waals surface area contributed by atoms with Crippen LogP contribution in [0.1, 0.15) is 5.56 Å². The third-order valence-electron chi connectivity index (χ3n) is 4.26. The predicted molar refractivity (Wildman–Crippen MR) is 107 cm³/mol. The van der Waals surface area contributed by atoms with Gasteiger partial charge in [-0.15, -0.1) is 0 Å². The molecule has 1 aromatic heterocycles. The molecular weight excluding hydrogens is 357 g/mol. The number of hydrogen-bond donors (Lipinski definition) is 1. The second-order valence-electron chi connectivity index (χ2n) is 6.15. The van der Waals surface area contributed by atoms with Crippen LogP contribution in [0.5, 0.6) is 11.5 Å². The van der Waals surface area contributed by atoms with Gasteiger partial charge in [-0.25, -0.2) is 14.4 Å². The van der Waals surface area contributed by atoms with Gasteiger partial charge in [-0.2, -0.15) is 0 Å². The predicted octanol–water partition coefficient (Wildman–Crippen LogP) is 5.10. The first-order valence-electron chi connectivity index (χ1n) is 8.75. The lowest BCUT2D eigenvalue weighted by Crippen LogP contribution is -2.00. The van der Waals surface area contributed by atoms with Gasteiger partial charge in [-0.1, -0.05) is 30.3 Å². The van der Waals surface area contributed by atoms with E-state index in [0.717, 1.165) is 16.6 Å². The van der Waals surface area contributed by atoms with Crippen LogP contribution in [0.3, 0.4) is 0 Å². The summed E-state index contributed by atoms with van der Waals surface area (Å²) in [4.78, 5) is 8.65. The molecule has 1 N–H and O–H groups in total. The molecule has 0 aliphatic carbocycles. The highest BCUT2D eigenvalue weighted by Gasteiger charge is 2.12. The maximum Gasteiger partial charge on any atom is 0.163 e. The molecule has 4 rings (SSSR count). The summed E-state index contributed by atoms with van der Waals surface area (Å²) in [7, 11) is 1.59. The number of halogens is 1. The Labute approximate surface area is 161 Å². The Morgan fingerprint density at radius 2 is 1.71 bits per heavy atom. The highest BCUT2D eigenvalue weighted by atomic mass is 19.1. The van der Waals surface area contributed by atoms with E-state index in [1.165, 1.54) is 18.5 Å². The molecule has 0 radical (unpaired) electrons. The highest BCUT2D eigenvalue weighted by molar-refractivity contribution is 5.93. The number of nitrogens with zero attached hydrogens (tertiary/aromatic N) is 2. The van der Waals surface area contributed by atoms with E-state index in [4.69, 9.17) is 9.47 Å². The van der Waals surface area contributed by atoms with Crippen LogP contribution in [0.4, 0.5) is 15.9 Å². The molecule has 3 aromatic carbocycles. The number of benzene rings is 3. The molecule has 0 bridgehead atoms. The van der Waals surface area contributed by atoms with E-state index in [9.17, 15) is 4.39 Å². The molecule has 140 valence electrons. The van der Waals surface area contributed by atoms with Crippen LogP contribution in [0, 0.1) is 5.82 Å². The number of hydrogen-bond acceptors (Lipinski definition) is 5. The summed E-state index contributed by atoms with van der Waals surface area (Å²) in [6, 6.07) is 19.6. The van der Waals surface area contributed by atoms with Crippen molar-refractivity contribution in [2.75, 3.05) is 12.4 Å². The molecule has 28 heavy (non-hydrogen) atoms. The number of nitrogens with one attached hydrogen (secondary N) is 1. The van der Waals surface area contributed by atoms with Gasteiger partial charge in [-0.3, -0.25) is 0 Å². The fraction of sp³-hybridized carbons (Fsp3) is 0.0909. The van der Waals surface area contributed by atoms with E-state index >= 15 is 0 Å². The van der Waals surface area contributed by atoms with Crippen molar-refractivity contribution < 1.29 is 13.9 Å². The lowest BCUT2D eigenvalue weighted by Gasteiger charge is -2.14. The van der Waals surface area contributed by atoms with Crippen LogP contribution in [0.15, 0.2) is 73.1 Å². The average molecular weight is 375 g/mol. The van der Waals surface area contributed by atoms with Crippen molar-refractivity contribution in [3.63, 3.8) is 0 Å². The van der Waals surface area contributed by atoms with Gasteiger partial charge in [0, 0.05) is 17.1 Å². The molecule has 0 atom stereocenters. The zero-order chi connectivity index (χ0) is 19.3. The zero-order valence-electron chi connectivity index (χ0n) is 15.2. The normalized spacial score (nSPS) is 10.6.